The molecule has 0 bridgehead atoms. The molecule has 1 amide bonds. The minimum atomic E-state index is 0.0474. The van der Waals surface area contributed by atoms with Crippen molar-refractivity contribution in [3.8, 4) is 5.75 Å². The second-order valence-electron chi connectivity index (χ2n) is 6.91. The van der Waals surface area contributed by atoms with Gasteiger partial charge in [-0.05, 0) is 45.7 Å². The predicted octanol–water partition coefficient (Wildman–Crippen LogP) is 2.77. The summed E-state index contributed by atoms with van der Waals surface area (Å²) < 4.78 is 11.2. The van der Waals surface area contributed by atoms with Crippen molar-refractivity contribution >= 4 is 11.9 Å². The van der Waals surface area contributed by atoms with Gasteiger partial charge in [0.15, 0.2) is 5.96 Å². The SMILES string of the molecule is CCNC(=NCc1ccc(C)cc1OCCOCC)NCCC(=O)NC(C)CC. The van der Waals surface area contributed by atoms with E-state index in [1.54, 1.807) is 0 Å². The fourth-order valence-corrected chi connectivity index (χ4v) is 2.53. The number of carbonyl (C=O) groups excluding carboxylic acids is 1. The van der Waals surface area contributed by atoms with Crippen LogP contribution in [0.1, 0.15) is 51.7 Å². The van der Waals surface area contributed by atoms with Gasteiger partial charge in [0, 0.05) is 37.7 Å². The molecule has 29 heavy (non-hydrogen) atoms. The molecule has 0 aliphatic rings. The fourth-order valence-electron chi connectivity index (χ4n) is 2.53. The third kappa shape index (κ3) is 10.7. The van der Waals surface area contributed by atoms with Crippen LogP contribution in [0.2, 0.25) is 0 Å². The van der Waals surface area contributed by atoms with Gasteiger partial charge >= 0.3 is 0 Å². The molecule has 3 N–H and O–H groups in total. The van der Waals surface area contributed by atoms with E-state index < -0.39 is 0 Å². The highest BCUT2D eigenvalue weighted by Crippen LogP contribution is 2.21. The molecule has 0 fully saturated rings. The molecule has 0 saturated carbocycles. The maximum Gasteiger partial charge on any atom is 0.221 e. The molecule has 1 rings (SSSR count). The fraction of sp³-hybridized carbons (Fsp3) is 0.636. The zero-order valence-corrected chi connectivity index (χ0v) is 18.6. The highest BCUT2D eigenvalue weighted by Gasteiger charge is 2.07. The normalized spacial score (nSPS) is 12.4. The highest BCUT2D eigenvalue weighted by molar-refractivity contribution is 5.81. The molecule has 7 nitrogen and oxygen atoms in total. The van der Waals surface area contributed by atoms with Crippen LogP contribution in [0.25, 0.3) is 0 Å². The zero-order chi connectivity index (χ0) is 21.5. The van der Waals surface area contributed by atoms with Gasteiger partial charge in [-0.1, -0.05) is 19.1 Å². The molecule has 0 heterocycles. The third-order valence-corrected chi connectivity index (χ3v) is 4.33. The number of nitrogens with one attached hydrogen (secondary N) is 3. The molecule has 0 radical (unpaired) electrons. The summed E-state index contributed by atoms with van der Waals surface area (Å²) in [5.74, 6) is 1.56. The van der Waals surface area contributed by atoms with Crippen LogP contribution >= 0.6 is 0 Å². The first-order valence-electron chi connectivity index (χ1n) is 10.6. The molecule has 1 atom stereocenters. The van der Waals surface area contributed by atoms with Gasteiger partial charge in [-0.15, -0.1) is 0 Å². The van der Waals surface area contributed by atoms with E-state index in [1.165, 1.54) is 0 Å². The summed E-state index contributed by atoms with van der Waals surface area (Å²) in [7, 11) is 0. The molecular formula is C22H38N4O3. The average molecular weight is 407 g/mol. The summed E-state index contributed by atoms with van der Waals surface area (Å²) in [5, 5.41) is 9.41. The molecule has 0 saturated heterocycles. The number of hydrogen-bond acceptors (Lipinski definition) is 4. The lowest BCUT2D eigenvalue weighted by molar-refractivity contribution is -0.121. The smallest absolute Gasteiger partial charge is 0.221 e. The lowest BCUT2D eigenvalue weighted by Gasteiger charge is -2.14. The number of carbonyl (C=O) groups is 1. The number of benzene rings is 1. The Morgan fingerprint density at radius 2 is 1.97 bits per heavy atom. The molecule has 1 aromatic rings. The van der Waals surface area contributed by atoms with Crippen LogP contribution in [0.15, 0.2) is 23.2 Å². The lowest BCUT2D eigenvalue weighted by atomic mass is 10.1. The van der Waals surface area contributed by atoms with Crippen LogP contribution in [-0.4, -0.2) is 50.8 Å². The Balaban J connectivity index is 2.64. The van der Waals surface area contributed by atoms with Crippen molar-refractivity contribution in [2.75, 3.05) is 32.9 Å². The summed E-state index contributed by atoms with van der Waals surface area (Å²) >= 11 is 0. The van der Waals surface area contributed by atoms with E-state index in [4.69, 9.17) is 9.47 Å². The minimum absolute atomic E-state index is 0.0474. The maximum atomic E-state index is 11.9. The van der Waals surface area contributed by atoms with E-state index in [2.05, 4.69) is 33.9 Å². The monoisotopic (exact) mass is 406 g/mol. The molecule has 164 valence electrons. The zero-order valence-electron chi connectivity index (χ0n) is 18.6. The van der Waals surface area contributed by atoms with Gasteiger partial charge in [0.25, 0.3) is 0 Å². The summed E-state index contributed by atoms with van der Waals surface area (Å²) in [6, 6.07) is 6.32. The van der Waals surface area contributed by atoms with Crippen molar-refractivity contribution in [2.24, 2.45) is 4.99 Å². The molecule has 0 aliphatic carbocycles. The van der Waals surface area contributed by atoms with E-state index in [0.29, 0.717) is 45.3 Å². The van der Waals surface area contributed by atoms with Gasteiger partial charge in [0.2, 0.25) is 5.91 Å². The highest BCUT2D eigenvalue weighted by atomic mass is 16.5. The van der Waals surface area contributed by atoms with Crippen LogP contribution in [0.5, 0.6) is 5.75 Å². The standard InChI is InChI=1S/C22H38N4O3/c1-6-18(5)26-21(27)11-12-24-22(23-7-2)25-16-19-10-9-17(4)15-20(19)29-14-13-28-8-3/h9-10,15,18H,6-8,11-14,16H2,1-5H3,(H,26,27)(H2,23,24,25). The summed E-state index contributed by atoms with van der Waals surface area (Å²) in [4.78, 5) is 16.6. The molecule has 1 aromatic carbocycles. The minimum Gasteiger partial charge on any atom is -0.491 e. The van der Waals surface area contributed by atoms with Gasteiger partial charge in [-0.2, -0.15) is 0 Å². The van der Waals surface area contributed by atoms with Gasteiger partial charge < -0.3 is 25.4 Å². The van der Waals surface area contributed by atoms with Crippen molar-refractivity contribution in [3.05, 3.63) is 29.3 Å². The quantitative estimate of drug-likeness (QED) is 0.266. The first-order chi connectivity index (χ1) is 14.0. The van der Waals surface area contributed by atoms with E-state index in [1.807, 2.05) is 39.8 Å². The number of aliphatic imine (C=N–C) groups is 1. The second-order valence-corrected chi connectivity index (χ2v) is 6.91. The van der Waals surface area contributed by atoms with Gasteiger partial charge in [0.1, 0.15) is 12.4 Å². The van der Waals surface area contributed by atoms with Crippen LogP contribution in [0, 0.1) is 6.92 Å². The Kier molecular flexibility index (Phi) is 12.5. The van der Waals surface area contributed by atoms with Crippen LogP contribution in [0.4, 0.5) is 0 Å². The van der Waals surface area contributed by atoms with Crippen molar-refractivity contribution in [1.29, 1.82) is 0 Å². The molecular weight excluding hydrogens is 368 g/mol. The van der Waals surface area contributed by atoms with Gasteiger partial charge in [-0.25, -0.2) is 4.99 Å². The first kappa shape index (κ1) is 24.8. The molecule has 1 unspecified atom stereocenters. The predicted molar refractivity (Wildman–Crippen MR) is 118 cm³/mol. The summed E-state index contributed by atoms with van der Waals surface area (Å²) in [6.45, 7) is 13.6. The van der Waals surface area contributed by atoms with Crippen LogP contribution in [-0.2, 0) is 16.1 Å². The number of nitrogens with zero attached hydrogens (tertiary/aromatic N) is 1. The molecule has 0 aromatic heterocycles. The van der Waals surface area contributed by atoms with E-state index in [-0.39, 0.29) is 11.9 Å². The number of ether oxygens (including phenoxy) is 2. The van der Waals surface area contributed by atoms with E-state index >= 15 is 0 Å². The first-order valence-corrected chi connectivity index (χ1v) is 10.6. The van der Waals surface area contributed by atoms with E-state index in [0.717, 1.165) is 29.8 Å². The molecule has 7 heteroatoms. The Morgan fingerprint density at radius 3 is 2.66 bits per heavy atom. The number of amides is 1. The largest absolute Gasteiger partial charge is 0.491 e. The number of aryl methyl sites for hydroxylation is 1. The van der Waals surface area contributed by atoms with Crippen molar-refractivity contribution in [1.82, 2.24) is 16.0 Å². The number of guanidine groups is 1. The molecule has 0 spiro atoms. The second kappa shape index (κ2) is 14.7. The summed E-state index contributed by atoms with van der Waals surface area (Å²) in [6.07, 6.45) is 1.33. The number of rotatable bonds is 13. The third-order valence-electron chi connectivity index (χ3n) is 4.33. The molecule has 0 aliphatic heterocycles. The summed E-state index contributed by atoms with van der Waals surface area (Å²) in [5.41, 5.74) is 2.15. The Bertz CT molecular complexity index is 634. The van der Waals surface area contributed by atoms with E-state index in [9.17, 15) is 4.79 Å². The van der Waals surface area contributed by atoms with Gasteiger partial charge in [0.05, 0.1) is 13.2 Å². The Hall–Kier alpha value is -2.28. The Morgan fingerprint density at radius 1 is 1.17 bits per heavy atom. The van der Waals surface area contributed by atoms with Crippen molar-refractivity contribution < 1.29 is 14.3 Å². The van der Waals surface area contributed by atoms with Crippen molar-refractivity contribution in [2.45, 2.75) is 60.0 Å². The lowest BCUT2D eigenvalue weighted by Crippen LogP contribution is -2.40. The van der Waals surface area contributed by atoms with Gasteiger partial charge in [-0.3, -0.25) is 4.79 Å². The Labute approximate surface area is 175 Å². The van der Waals surface area contributed by atoms with Crippen molar-refractivity contribution in [3.63, 3.8) is 0 Å². The average Bonchev–Trinajstić information content (AvgIpc) is 2.70. The van der Waals surface area contributed by atoms with Crippen LogP contribution in [0.3, 0.4) is 0 Å². The maximum absolute atomic E-state index is 11.9. The topological polar surface area (TPSA) is 84.0 Å². The van der Waals surface area contributed by atoms with Crippen LogP contribution < -0.4 is 20.7 Å². The number of hydrogen-bond donors (Lipinski definition) is 3.